The Morgan fingerprint density at radius 1 is 1.00 bits per heavy atom. The van der Waals surface area contributed by atoms with Crippen LogP contribution in [0.4, 0.5) is 10.1 Å². The van der Waals surface area contributed by atoms with Crippen LogP contribution in [0.2, 0.25) is 0 Å². The van der Waals surface area contributed by atoms with Gasteiger partial charge in [-0.05, 0) is 30.2 Å². The highest BCUT2D eigenvalue weighted by Gasteiger charge is 2.03. The highest BCUT2D eigenvalue weighted by atomic mass is 19.1. The molecule has 1 N–H and O–H groups in total. The van der Waals surface area contributed by atoms with Crippen LogP contribution in [0, 0.1) is 5.82 Å². The first-order valence-corrected chi connectivity index (χ1v) is 5.90. The Hall–Kier alpha value is -1.83. The zero-order valence-electron chi connectivity index (χ0n) is 9.91. The van der Waals surface area contributed by atoms with E-state index < -0.39 is 0 Å². The molecule has 17 heavy (non-hydrogen) atoms. The van der Waals surface area contributed by atoms with Gasteiger partial charge in [0.1, 0.15) is 5.82 Å². The zero-order chi connectivity index (χ0) is 12.1. The third kappa shape index (κ3) is 2.84. The van der Waals surface area contributed by atoms with E-state index in [9.17, 15) is 4.39 Å². The Morgan fingerprint density at radius 3 is 2.35 bits per heavy atom. The van der Waals surface area contributed by atoms with Crippen molar-refractivity contribution in [2.24, 2.45) is 0 Å². The molecule has 0 aliphatic rings. The molecule has 0 fully saturated rings. The quantitative estimate of drug-likeness (QED) is 0.823. The summed E-state index contributed by atoms with van der Waals surface area (Å²) >= 11 is 0. The smallest absolute Gasteiger partial charge is 0.131 e. The van der Waals surface area contributed by atoms with Crippen molar-refractivity contribution >= 4 is 5.69 Å². The van der Waals surface area contributed by atoms with Crippen LogP contribution in [-0.4, -0.2) is 6.54 Å². The van der Waals surface area contributed by atoms with E-state index in [1.165, 1.54) is 6.07 Å². The van der Waals surface area contributed by atoms with E-state index >= 15 is 0 Å². The first-order valence-electron chi connectivity index (χ1n) is 5.90. The van der Waals surface area contributed by atoms with E-state index in [1.807, 2.05) is 30.3 Å². The summed E-state index contributed by atoms with van der Waals surface area (Å²) in [7, 11) is 0. The number of nitrogens with one attached hydrogen (secondary N) is 1. The van der Waals surface area contributed by atoms with Crippen molar-refractivity contribution in [1.29, 1.82) is 0 Å². The van der Waals surface area contributed by atoms with Crippen LogP contribution >= 0.6 is 0 Å². The van der Waals surface area contributed by atoms with Crippen molar-refractivity contribution < 1.29 is 4.39 Å². The fourth-order valence-corrected chi connectivity index (χ4v) is 1.73. The molecule has 2 aromatic rings. The van der Waals surface area contributed by atoms with Gasteiger partial charge in [0, 0.05) is 17.8 Å². The van der Waals surface area contributed by atoms with Crippen molar-refractivity contribution in [3.05, 3.63) is 54.3 Å². The summed E-state index contributed by atoms with van der Waals surface area (Å²) in [5.41, 5.74) is 2.63. The van der Waals surface area contributed by atoms with Crippen LogP contribution in [-0.2, 0) is 0 Å². The second-order valence-corrected chi connectivity index (χ2v) is 3.98. The molecular weight excluding hydrogens is 213 g/mol. The van der Waals surface area contributed by atoms with Gasteiger partial charge in [-0.1, -0.05) is 37.3 Å². The van der Waals surface area contributed by atoms with E-state index in [0.29, 0.717) is 5.56 Å². The summed E-state index contributed by atoms with van der Waals surface area (Å²) < 4.78 is 13.6. The van der Waals surface area contributed by atoms with Crippen molar-refractivity contribution in [3.8, 4) is 11.1 Å². The standard InChI is InChI=1S/C15H16FN/c1-2-11-17-13-9-7-12(8-10-13)14-5-3-4-6-15(14)16/h3-10,17H,2,11H2,1H3. The van der Waals surface area contributed by atoms with Gasteiger partial charge in [0.2, 0.25) is 0 Å². The zero-order valence-corrected chi connectivity index (χ0v) is 9.91. The number of halogens is 1. The molecule has 0 saturated carbocycles. The first-order chi connectivity index (χ1) is 8.31. The van der Waals surface area contributed by atoms with Gasteiger partial charge in [0.15, 0.2) is 0 Å². The highest BCUT2D eigenvalue weighted by Crippen LogP contribution is 2.23. The first kappa shape index (κ1) is 11.6. The molecule has 88 valence electrons. The van der Waals surface area contributed by atoms with Gasteiger partial charge in [-0.2, -0.15) is 0 Å². The molecule has 0 saturated heterocycles. The minimum Gasteiger partial charge on any atom is -0.385 e. The second kappa shape index (κ2) is 5.48. The minimum absolute atomic E-state index is 0.179. The monoisotopic (exact) mass is 229 g/mol. The number of benzene rings is 2. The Balaban J connectivity index is 2.21. The largest absolute Gasteiger partial charge is 0.385 e. The maximum Gasteiger partial charge on any atom is 0.131 e. The Kier molecular flexibility index (Phi) is 3.76. The van der Waals surface area contributed by atoms with Crippen LogP contribution in [0.15, 0.2) is 48.5 Å². The molecule has 0 bridgehead atoms. The van der Waals surface area contributed by atoms with Crippen LogP contribution in [0.25, 0.3) is 11.1 Å². The van der Waals surface area contributed by atoms with E-state index in [4.69, 9.17) is 0 Å². The molecule has 0 amide bonds. The summed E-state index contributed by atoms with van der Waals surface area (Å²) in [6.45, 7) is 3.08. The molecule has 0 unspecified atom stereocenters. The van der Waals surface area contributed by atoms with Gasteiger partial charge in [0.05, 0.1) is 0 Å². The van der Waals surface area contributed by atoms with Gasteiger partial charge in [0.25, 0.3) is 0 Å². The van der Waals surface area contributed by atoms with Crippen LogP contribution < -0.4 is 5.32 Å². The van der Waals surface area contributed by atoms with Crippen LogP contribution in [0.1, 0.15) is 13.3 Å². The molecule has 0 atom stereocenters. The lowest BCUT2D eigenvalue weighted by Gasteiger charge is -2.07. The molecule has 2 heteroatoms. The van der Waals surface area contributed by atoms with Crippen LogP contribution in [0.5, 0.6) is 0 Å². The van der Waals surface area contributed by atoms with E-state index in [1.54, 1.807) is 12.1 Å². The molecule has 0 aromatic heterocycles. The van der Waals surface area contributed by atoms with Crippen LogP contribution in [0.3, 0.4) is 0 Å². The van der Waals surface area contributed by atoms with Gasteiger partial charge >= 0.3 is 0 Å². The molecule has 0 heterocycles. The molecule has 2 rings (SSSR count). The van der Waals surface area contributed by atoms with Gasteiger partial charge in [-0.25, -0.2) is 4.39 Å². The molecule has 1 nitrogen and oxygen atoms in total. The molecule has 2 aromatic carbocycles. The molecular formula is C15H16FN. The fourth-order valence-electron chi connectivity index (χ4n) is 1.73. The topological polar surface area (TPSA) is 12.0 Å². The number of hydrogen-bond acceptors (Lipinski definition) is 1. The third-order valence-electron chi connectivity index (χ3n) is 2.65. The minimum atomic E-state index is -0.179. The molecule has 0 radical (unpaired) electrons. The molecule has 0 spiro atoms. The van der Waals surface area contributed by atoms with Gasteiger partial charge < -0.3 is 5.32 Å². The normalized spacial score (nSPS) is 10.2. The predicted octanol–water partition coefficient (Wildman–Crippen LogP) is 4.31. The van der Waals surface area contributed by atoms with E-state index in [-0.39, 0.29) is 5.82 Å². The second-order valence-electron chi connectivity index (χ2n) is 3.98. The average Bonchev–Trinajstić information content (AvgIpc) is 2.38. The number of hydrogen-bond donors (Lipinski definition) is 1. The molecule has 0 aliphatic carbocycles. The van der Waals surface area contributed by atoms with Gasteiger partial charge in [-0.15, -0.1) is 0 Å². The van der Waals surface area contributed by atoms with Crippen molar-refractivity contribution in [1.82, 2.24) is 0 Å². The summed E-state index contributed by atoms with van der Waals surface area (Å²) in [4.78, 5) is 0. The lowest BCUT2D eigenvalue weighted by molar-refractivity contribution is 0.631. The summed E-state index contributed by atoms with van der Waals surface area (Å²) in [6, 6.07) is 14.7. The molecule has 0 aliphatic heterocycles. The maximum absolute atomic E-state index is 13.6. The maximum atomic E-state index is 13.6. The van der Waals surface area contributed by atoms with Crippen molar-refractivity contribution in [3.63, 3.8) is 0 Å². The third-order valence-corrected chi connectivity index (χ3v) is 2.65. The predicted molar refractivity (Wildman–Crippen MR) is 70.6 cm³/mol. The van der Waals surface area contributed by atoms with Crippen molar-refractivity contribution in [2.45, 2.75) is 13.3 Å². The van der Waals surface area contributed by atoms with Crippen molar-refractivity contribution in [2.75, 3.05) is 11.9 Å². The lowest BCUT2D eigenvalue weighted by Crippen LogP contribution is -1.98. The lowest BCUT2D eigenvalue weighted by atomic mass is 10.0. The fraction of sp³-hybridized carbons (Fsp3) is 0.200. The summed E-state index contributed by atoms with van der Waals surface area (Å²) in [6.07, 6.45) is 1.09. The van der Waals surface area contributed by atoms with E-state index in [2.05, 4.69) is 12.2 Å². The highest BCUT2D eigenvalue weighted by molar-refractivity contribution is 5.66. The summed E-state index contributed by atoms with van der Waals surface area (Å²) in [5.74, 6) is -0.179. The average molecular weight is 229 g/mol. The Morgan fingerprint density at radius 2 is 1.71 bits per heavy atom. The Labute approximate surface area is 101 Å². The number of anilines is 1. The SMILES string of the molecule is CCCNc1ccc(-c2ccccc2F)cc1. The summed E-state index contributed by atoms with van der Waals surface area (Å²) in [5, 5.41) is 3.29. The van der Waals surface area contributed by atoms with Gasteiger partial charge in [-0.3, -0.25) is 0 Å². The van der Waals surface area contributed by atoms with E-state index in [0.717, 1.165) is 24.2 Å². The number of rotatable bonds is 4. The Bertz CT molecular complexity index is 477.